The van der Waals surface area contributed by atoms with Crippen LogP contribution in [-0.2, 0) is 4.79 Å². The summed E-state index contributed by atoms with van der Waals surface area (Å²) in [4.78, 5) is 12.9. The molecule has 0 heterocycles. The van der Waals surface area contributed by atoms with Gasteiger partial charge in [0.25, 0.3) is 0 Å². The molecule has 2 rings (SSSR count). The van der Waals surface area contributed by atoms with Gasteiger partial charge in [-0.05, 0) is 43.2 Å². The summed E-state index contributed by atoms with van der Waals surface area (Å²) in [7, 11) is 0. The van der Waals surface area contributed by atoms with Gasteiger partial charge in [0.1, 0.15) is 0 Å². The summed E-state index contributed by atoms with van der Waals surface area (Å²) in [6.45, 7) is 3.49. The first kappa shape index (κ1) is 13.4. The Labute approximate surface area is 113 Å². The van der Waals surface area contributed by atoms with Crippen molar-refractivity contribution in [1.82, 2.24) is 5.32 Å². The van der Waals surface area contributed by atoms with Crippen LogP contribution in [0.3, 0.4) is 0 Å². The molecule has 2 N–H and O–H groups in total. The molecule has 18 heavy (non-hydrogen) atoms. The molecular formula is C14H20N2OS. The highest BCUT2D eigenvalue weighted by Crippen LogP contribution is 2.28. The Bertz CT molecular complexity index is 405. The quantitative estimate of drug-likeness (QED) is 0.744. The van der Waals surface area contributed by atoms with E-state index >= 15 is 0 Å². The lowest BCUT2D eigenvalue weighted by atomic mass is 10.3. The van der Waals surface area contributed by atoms with Crippen molar-refractivity contribution in [2.75, 3.05) is 24.2 Å². The van der Waals surface area contributed by atoms with Crippen molar-refractivity contribution in [1.29, 1.82) is 0 Å². The highest BCUT2D eigenvalue weighted by molar-refractivity contribution is 7.99. The number of benzene rings is 1. The van der Waals surface area contributed by atoms with Gasteiger partial charge in [0, 0.05) is 4.90 Å². The molecular weight excluding hydrogens is 244 g/mol. The molecule has 3 nitrogen and oxygen atoms in total. The molecule has 1 aromatic carbocycles. The van der Waals surface area contributed by atoms with Crippen LogP contribution in [0.4, 0.5) is 5.69 Å². The molecule has 0 spiro atoms. The molecule has 1 aromatic rings. The minimum absolute atomic E-state index is 0.0415. The number of rotatable bonds is 7. The number of anilines is 1. The van der Waals surface area contributed by atoms with Crippen molar-refractivity contribution >= 4 is 23.4 Å². The van der Waals surface area contributed by atoms with Gasteiger partial charge < -0.3 is 10.6 Å². The van der Waals surface area contributed by atoms with Gasteiger partial charge in [-0.2, -0.15) is 0 Å². The van der Waals surface area contributed by atoms with Crippen molar-refractivity contribution in [2.24, 2.45) is 5.92 Å². The smallest absolute Gasteiger partial charge is 0.238 e. The minimum atomic E-state index is 0.0415. The van der Waals surface area contributed by atoms with Gasteiger partial charge in [-0.25, -0.2) is 0 Å². The van der Waals surface area contributed by atoms with Crippen LogP contribution in [0, 0.1) is 5.92 Å². The highest BCUT2D eigenvalue weighted by Gasteiger charge is 2.20. The molecule has 1 amide bonds. The fourth-order valence-corrected chi connectivity index (χ4v) is 2.52. The van der Waals surface area contributed by atoms with E-state index in [-0.39, 0.29) is 5.91 Å². The fraction of sp³-hybridized carbons (Fsp3) is 0.500. The standard InChI is InChI=1S/C14H20N2OS/c1-2-18-13-6-4-3-5-12(13)16-14(17)10-15-9-11-7-8-11/h3-6,11,15H,2,7-10H2,1H3,(H,16,17). The van der Waals surface area contributed by atoms with Crippen molar-refractivity contribution in [2.45, 2.75) is 24.7 Å². The van der Waals surface area contributed by atoms with E-state index in [0.717, 1.165) is 28.8 Å². The third-order valence-corrected chi connectivity index (χ3v) is 3.83. The molecule has 1 aliphatic rings. The first-order chi connectivity index (χ1) is 8.79. The van der Waals surface area contributed by atoms with Crippen LogP contribution in [0.2, 0.25) is 0 Å². The minimum Gasteiger partial charge on any atom is -0.324 e. The molecule has 0 aliphatic heterocycles. The van der Waals surface area contributed by atoms with Gasteiger partial charge in [0.2, 0.25) is 5.91 Å². The lowest BCUT2D eigenvalue weighted by molar-refractivity contribution is -0.115. The molecule has 1 aliphatic carbocycles. The van der Waals surface area contributed by atoms with Crippen LogP contribution in [0.25, 0.3) is 0 Å². The van der Waals surface area contributed by atoms with E-state index < -0.39 is 0 Å². The number of carbonyl (C=O) groups excluding carboxylic acids is 1. The Morgan fingerprint density at radius 2 is 2.17 bits per heavy atom. The Morgan fingerprint density at radius 3 is 2.89 bits per heavy atom. The van der Waals surface area contributed by atoms with Crippen LogP contribution < -0.4 is 10.6 Å². The number of carbonyl (C=O) groups is 1. The molecule has 0 atom stereocenters. The summed E-state index contributed by atoms with van der Waals surface area (Å²) in [6, 6.07) is 7.95. The lowest BCUT2D eigenvalue weighted by Gasteiger charge is -2.10. The lowest BCUT2D eigenvalue weighted by Crippen LogP contribution is -2.29. The van der Waals surface area contributed by atoms with Crippen LogP contribution in [0.1, 0.15) is 19.8 Å². The van der Waals surface area contributed by atoms with Crippen molar-refractivity contribution in [3.63, 3.8) is 0 Å². The van der Waals surface area contributed by atoms with E-state index in [1.165, 1.54) is 12.8 Å². The van der Waals surface area contributed by atoms with Crippen molar-refractivity contribution < 1.29 is 4.79 Å². The van der Waals surface area contributed by atoms with E-state index in [4.69, 9.17) is 0 Å². The monoisotopic (exact) mass is 264 g/mol. The zero-order valence-electron chi connectivity index (χ0n) is 10.7. The van der Waals surface area contributed by atoms with Gasteiger partial charge >= 0.3 is 0 Å². The van der Waals surface area contributed by atoms with Gasteiger partial charge in [-0.15, -0.1) is 11.8 Å². The van der Waals surface area contributed by atoms with Gasteiger partial charge in [-0.3, -0.25) is 4.79 Å². The predicted octanol–water partition coefficient (Wildman–Crippen LogP) is 2.74. The zero-order chi connectivity index (χ0) is 12.8. The Balaban J connectivity index is 1.81. The zero-order valence-corrected chi connectivity index (χ0v) is 11.6. The average Bonchev–Trinajstić information content (AvgIpc) is 3.16. The van der Waals surface area contributed by atoms with E-state index in [9.17, 15) is 4.79 Å². The maximum atomic E-state index is 11.8. The number of para-hydroxylation sites is 1. The fourth-order valence-electron chi connectivity index (χ4n) is 1.76. The summed E-state index contributed by atoms with van der Waals surface area (Å²) in [5.74, 6) is 1.85. The Hall–Kier alpha value is -1.00. The summed E-state index contributed by atoms with van der Waals surface area (Å²) in [6.07, 6.45) is 2.62. The molecule has 0 bridgehead atoms. The second-order valence-corrected chi connectivity index (χ2v) is 5.86. The predicted molar refractivity (Wildman–Crippen MR) is 77.1 cm³/mol. The number of thioether (sulfide) groups is 1. The molecule has 0 radical (unpaired) electrons. The third kappa shape index (κ3) is 4.35. The summed E-state index contributed by atoms with van der Waals surface area (Å²) >= 11 is 1.75. The van der Waals surface area contributed by atoms with Gasteiger partial charge in [0.05, 0.1) is 12.2 Å². The first-order valence-corrected chi connectivity index (χ1v) is 7.50. The molecule has 98 valence electrons. The van der Waals surface area contributed by atoms with Gasteiger partial charge in [0.15, 0.2) is 0 Å². The third-order valence-electron chi connectivity index (χ3n) is 2.88. The number of hydrogen-bond acceptors (Lipinski definition) is 3. The Kier molecular flexibility index (Phi) is 5.08. The number of nitrogens with one attached hydrogen (secondary N) is 2. The second-order valence-electron chi connectivity index (χ2n) is 4.55. The van der Waals surface area contributed by atoms with Gasteiger partial charge in [-0.1, -0.05) is 19.1 Å². The SMILES string of the molecule is CCSc1ccccc1NC(=O)CNCC1CC1. The average molecular weight is 264 g/mol. The number of hydrogen-bond donors (Lipinski definition) is 2. The van der Waals surface area contributed by atoms with E-state index in [1.54, 1.807) is 11.8 Å². The van der Waals surface area contributed by atoms with Crippen LogP contribution in [0.15, 0.2) is 29.2 Å². The van der Waals surface area contributed by atoms with E-state index in [0.29, 0.717) is 6.54 Å². The molecule has 0 unspecified atom stereocenters. The maximum Gasteiger partial charge on any atom is 0.238 e. The van der Waals surface area contributed by atoms with Crippen LogP contribution in [0.5, 0.6) is 0 Å². The number of amides is 1. The van der Waals surface area contributed by atoms with Crippen LogP contribution >= 0.6 is 11.8 Å². The maximum absolute atomic E-state index is 11.8. The molecule has 0 saturated heterocycles. The molecule has 1 fully saturated rings. The summed E-state index contributed by atoms with van der Waals surface area (Å²) < 4.78 is 0. The Morgan fingerprint density at radius 1 is 1.39 bits per heavy atom. The molecule has 0 aromatic heterocycles. The topological polar surface area (TPSA) is 41.1 Å². The van der Waals surface area contributed by atoms with Crippen LogP contribution in [-0.4, -0.2) is 24.7 Å². The highest BCUT2D eigenvalue weighted by atomic mass is 32.2. The normalized spacial score (nSPS) is 14.5. The molecule has 4 heteroatoms. The first-order valence-electron chi connectivity index (χ1n) is 6.52. The summed E-state index contributed by atoms with van der Waals surface area (Å²) in [5, 5.41) is 6.17. The second kappa shape index (κ2) is 6.81. The van der Waals surface area contributed by atoms with E-state index in [1.807, 2.05) is 24.3 Å². The van der Waals surface area contributed by atoms with Crippen molar-refractivity contribution in [3.8, 4) is 0 Å². The largest absolute Gasteiger partial charge is 0.324 e. The molecule has 1 saturated carbocycles. The van der Waals surface area contributed by atoms with Crippen molar-refractivity contribution in [3.05, 3.63) is 24.3 Å². The van der Waals surface area contributed by atoms with E-state index in [2.05, 4.69) is 17.6 Å². The summed E-state index contributed by atoms with van der Waals surface area (Å²) in [5.41, 5.74) is 0.919.